The summed E-state index contributed by atoms with van der Waals surface area (Å²) in [4.78, 5) is 28.9. The topological polar surface area (TPSA) is 106 Å². The Balaban J connectivity index is 1.42. The summed E-state index contributed by atoms with van der Waals surface area (Å²) in [5.74, 6) is -0.650. The molecule has 3 N–H and O–H groups in total. The maximum absolute atomic E-state index is 13.0. The van der Waals surface area contributed by atoms with Crippen LogP contribution in [0.15, 0.2) is 71.7 Å². The van der Waals surface area contributed by atoms with Crippen LogP contribution in [0.2, 0.25) is 0 Å². The average molecular weight is 395 g/mol. The molecule has 1 atom stereocenters. The third-order valence-corrected chi connectivity index (χ3v) is 4.40. The molecule has 0 spiro atoms. The lowest BCUT2D eigenvalue weighted by atomic mass is 10.2. The number of benzene rings is 1. The van der Waals surface area contributed by atoms with Gasteiger partial charge in [0.15, 0.2) is 0 Å². The molecule has 1 unspecified atom stereocenters. The summed E-state index contributed by atoms with van der Waals surface area (Å²) in [6, 6.07) is 9.52. The number of amides is 1. The number of carbonyl (C=O) groups is 1. The summed E-state index contributed by atoms with van der Waals surface area (Å²) in [6.07, 6.45) is 5.76. The lowest BCUT2D eigenvalue weighted by Gasteiger charge is -2.08. The summed E-state index contributed by atoms with van der Waals surface area (Å²) in [5.41, 5.74) is 7.22. The van der Waals surface area contributed by atoms with E-state index in [2.05, 4.69) is 26.3 Å². The van der Waals surface area contributed by atoms with Crippen molar-refractivity contribution in [3.8, 4) is 0 Å². The number of rotatable bonds is 6. The molecule has 29 heavy (non-hydrogen) atoms. The summed E-state index contributed by atoms with van der Waals surface area (Å²) >= 11 is 0. The Morgan fingerprint density at radius 2 is 2.03 bits per heavy atom. The quantitative estimate of drug-likeness (QED) is 0.559. The minimum absolute atomic E-state index is 0.217. The zero-order chi connectivity index (χ0) is 20.2. The third kappa shape index (κ3) is 4.22. The molecular weight excluding hydrogens is 377 g/mol. The summed E-state index contributed by atoms with van der Waals surface area (Å²) in [6.45, 7) is 0.556. The van der Waals surface area contributed by atoms with E-state index in [1.807, 2.05) is 6.07 Å². The standard InChI is InChI=1S/C19H18FN7O2/c20-15-5-3-13(4-6-15)11-27-19(29)26(12-23-27)17-8-16(24-25-17)18(28)22-10-14-2-1-7-21-9-14/h1-9,12,17,24-25H,10-11H2,(H,22,28). The van der Waals surface area contributed by atoms with Gasteiger partial charge in [0.25, 0.3) is 5.91 Å². The van der Waals surface area contributed by atoms with Crippen molar-refractivity contribution in [2.45, 2.75) is 19.3 Å². The molecule has 10 heteroatoms. The van der Waals surface area contributed by atoms with Crippen LogP contribution in [0.25, 0.3) is 0 Å². The molecule has 0 saturated carbocycles. The third-order valence-electron chi connectivity index (χ3n) is 4.40. The number of carbonyl (C=O) groups excluding carboxylic acids is 1. The van der Waals surface area contributed by atoms with Crippen molar-refractivity contribution in [1.29, 1.82) is 0 Å². The molecule has 3 heterocycles. The first-order chi connectivity index (χ1) is 14.1. The van der Waals surface area contributed by atoms with Gasteiger partial charge in [0, 0.05) is 18.9 Å². The van der Waals surface area contributed by atoms with Crippen LogP contribution in [-0.4, -0.2) is 25.2 Å². The van der Waals surface area contributed by atoms with Crippen LogP contribution in [0.4, 0.5) is 4.39 Å². The summed E-state index contributed by atoms with van der Waals surface area (Å²) in [5, 5.41) is 6.87. The maximum atomic E-state index is 13.0. The van der Waals surface area contributed by atoms with Crippen molar-refractivity contribution < 1.29 is 9.18 Å². The number of aromatic nitrogens is 4. The van der Waals surface area contributed by atoms with Gasteiger partial charge in [0.2, 0.25) is 0 Å². The van der Waals surface area contributed by atoms with Crippen molar-refractivity contribution in [2.24, 2.45) is 0 Å². The molecule has 1 amide bonds. The minimum atomic E-state index is -0.566. The van der Waals surface area contributed by atoms with Gasteiger partial charge in [-0.25, -0.2) is 19.3 Å². The second-order valence-electron chi connectivity index (χ2n) is 6.44. The highest BCUT2D eigenvalue weighted by Gasteiger charge is 2.23. The molecule has 0 aliphatic carbocycles. The first-order valence-electron chi connectivity index (χ1n) is 8.89. The van der Waals surface area contributed by atoms with E-state index in [0.717, 1.165) is 11.1 Å². The Morgan fingerprint density at radius 3 is 2.79 bits per heavy atom. The molecule has 148 valence electrons. The zero-order valence-electron chi connectivity index (χ0n) is 15.2. The summed E-state index contributed by atoms with van der Waals surface area (Å²) in [7, 11) is 0. The monoisotopic (exact) mass is 395 g/mol. The highest BCUT2D eigenvalue weighted by molar-refractivity contribution is 5.93. The Labute approximate surface area is 164 Å². The Bertz CT molecular complexity index is 1090. The number of nitrogens with one attached hydrogen (secondary N) is 3. The fraction of sp³-hybridized carbons (Fsp3) is 0.158. The molecule has 9 nitrogen and oxygen atoms in total. The number of halogens is 1. The number of hydrazine groups is 1. The van der Waals surface area contributed by atoms with Crippen LogP contribution in [0, 0.1) is 5.82 Å². The van der Waals surface area contributed by atoms with Crippen molar-refractivity contribution in [3.63, 3.8) is 0 Å². The molecule has 1 aliphatic rings. The number of nitrogens with zero attached hydrogens (tertiary/aromatic N) is 4. The molecule has 1 aliphatic heterocycles. The highest BCUT2D eigenvalue weighted by Crippen LogP contribution is 2.10. The highest BCUT2D eigenvalue weighted by atomic mass is 19.1. The van der Waals surface area contributed by atoms with E-state index < -0.39 is 6.17 Å². The van der Waals surface area contributed by atoms with Crippen molar-refractivity contribution >= 4 is 5.91 Å². The fourth-order valence-corrected chi connectivity index (χ4v) is 2.87. The predicted octanol–water partition coefficient (Wildman–Crippen LogP) is 0.434. The Hall–Kier alpha value is -3.79. The second kappa shape index (κ2) is 8.07. The minimum Gasteiger partial charge on any atom is -0.347 e. The van der Waals surface area contributed by atoms with Gasteiger partial charge in [0.05, 0.1) is 6.54 Å². The van der Waals surface area contributed by atoms with Gasteiger partial charge in [0.1, 0.15) is 24.0 Å². The molecule has 4 rings (SSSR count). The number of hydrogen-bond donors (Lipinski definition) is 3. The molecule has 0 saturated heterocycles. The molecule has 3 aromatic rings. The second-order valence-corrected chi connectivity index (χ2v) is 6.44. The molecular formula is C19H18FN7O2. The largest absolute Gasteiger partial charge is 0.347 e. The first-order valence-corrected chi connectivity index (χ1v) is 8.89. The van der Waals surface area contributed by atoms with Gasteiger partial charge in [-0.05, 0) is 35.4 Å². The predicted molar refractivity (Wildman–Crippen MR) is 101 cm³/mol. The Morgan fingerprint density at radius 1 is 1.21 bits per heavy atom. The van der Waals surface area contributed by atoms with Gasteiger partial charge in [-0.15, -0.1) is 0 Å². The molecule has 0 radical (unpaired) electrons. The smallest absolute Gasteiger partial charge is 0.347 e. The van der Waals surface area contributed by atoms with Gasteiger partial charge in [-0.1, -0.05) is 18.2 Å². The lowest BCUT2D eigenvalue weighted by Crippen LogP contribution is -2.38. The van der Waals surface area contributed by atoms with E-state index in [9.17, 15) is 14.0 Å². The SMILES string of the molecule is O=C(NCc1cccnc1)C1=CC(n2cnn(Cc3ccc(F)cc3)c2=O)NN1. The molecule has 1 aromatic carbocycles. The van der Waals surface area contributed by atoms with E-state index in [1.54, 1.807) is 36.7 Å². The fourth-order valence-electron chi connectivity index (χ4n) is 2.87. The van der Waals surface area contributed by atoms with Crippen molar-refractivity contribution in [1.82, 2.24) is 35.5 Å². The van der Waals surface area contributed by atoms with Crippen LogP contribution in [-0.2, 0) is 17.9 Å². The normalized spacial score (nSPS) is 15.6. The zero-order valence-corrected chi connectivity index (χ0v) is 15.2. The summed E-state index contributed by atoms with van der Waals surface area (Å²) < 4.78 is 15.6. The van der Waals surface area contributed by atoms with E-state index in [4.69, 9.17) is 0 Å². The van der Waals surface area contributed by atoms with Crippen molar-refractivity contribution in [3.05, 3.63) is 94.3 Å². The van der Waals surface area contributed by atoms with Gasteiger partial charge in [-0.3, -0.25) is 14.3 Å². The van der Waals surface area contributed by atoms with E-state index >= 15 is 0 Å². The lowest BCUT2D eigenvalue weighted by molar-refractivity contribution is -0.118. The van der Waals surface area contributed by atoms with Gasteiger partial charge >= 0.3 is 5.69 Å². The van der Waals surface area contributed by atoms with Crippen LogP contribution < -0.4 is 21.9 Å². The van der Waals surface area contributed by atoms with Crippen LogP contribution in [0.1, 0.15) is 17.3 Å². The van der Waals surface area contributed by atoms with Crippen molar-refractivity contribution in [2.75, 3.05) is 0 Å². The number of hydrogen-bond acceptors (Lipinski definition) is 6. The maximum Gasteiger partial charge on any atom is 0.347 e. The van der Waals surface area contributed by atoms with Gasteiger partial charge in [-0.2, -0.15) is 5.10 Å². The van der Waals surface area contributed by atoms with E-state index in [1.165, 1.54) is 27.7 Å². The molecule has 2 aromatic heterocycles. The van der Waals surface area contributed by atoms with Crippen LogP contribution in [0.5, 0.6) is 0 Å². The number of pyridine rings is 1. The van der Waals surface area contributed by atoms with Crippen LogP contribution >= 0.6 is 0 Å². The van der Waals surface area contributed by atoms with E-state index in [-0.39, 0.29) is 24.0 Å². The molecule has 0 fully saturated rings. The molecule has 0 bridgehead atoms. The Kier molecular flexibility index (Phi) is 5.16. The van der Waals surface area contributed by atoms with Crippen LogP contribution in [0.3, 0.4) is 0 Å². The van der Waals surface area contributed by atoms with Gasteiger partial charge < -0.3 is 10.7 Å². The average Bonchev–Trinajstić information content (AvgIpc) is 3.36. The van der Waals surface area contributed by atoms with E-state index in [0.29, 0.717) is 12.2 Å². The first kappa shape index (κ1) is 18.6.